The molecule has 1 aliphatic heterocycles. The van der Waals surface area contributed by atoms with Gasteiger partial charge in [-0.2, -0.15) is 0 Å². The van der Waals surface area contributed by atoms with Gasteiger partial charge in [0, 0.05) is 6.42 Å². The van der Waals surface area contributed by atoms with E-state index in [1.54, 1.807) is 32.0 Å². The van der Waals surface area contributed by atoms with Gasteiger partial charge in [0.15, 0.2) is 0 Å². The lowest BCUT2D eigenvalue weighted by molar-refractivity contribution is -0.143. The molecular formula is C15H20NO7P. The molecule has 1 aromatic carbocycles. The van der Waals surface area contributed by atoms with E-state index < -0.39 is 25.7 Å². The fraction of sp³-hybridized carbons (Fsp3) is 0.467. The molecular weight excluding hydrogens is 337 g/mol. The number of fused-ring (bicyclic) bond motifs is 1. The molecule has 9 heteroatoms. The summed E-state index contributed by atoms with van der Waals surface area (Å²) >= 11 is 0. The molecule has 8 nitrogen and oxygen atoms in total. The van der Waals surface area contributed by atoms with Crippen molar-refractivity contribution in [3.63, 3.8) is 0 Å². The van der Waals surface area contributed by atoms with Crippen molar-refractivity contribution in [3.8, 4) is 0 Å². The van der Waals surface area contributed by atoms with E-state index in [1.165, 1.54) is 0 Å². The second kappa shape index (κ2) is 7.34. The van der Waals surface area contributed by atoms with E-state index in [1.807, 2.05) is 0 Å². The van der Waals surface area contributed by atoms with Gasteiger partial charge >= 0.3 is 19.7 Å². The number of carbonyl (C=O) groups is 2. The van der Waals surface area contributed by atoms with Crippen molar-refractivity contribution >= 4 is 25.0 Å². The van der Waals surface area contributed by atoms with Crippen molar-refractivity contribution in [1.29, 1.82) is 0 Å². The molecule has 1 unspecified atom stereocenters. The molecule has 132 valence electrons. The number of rotatable bonds is 6. The summed E-state index contributed by atoms with van der Waals surface area (Å²) in [6.45, 7) is 3.63. The molecule has 0 aliphatic carbocycles. The maximum Gasteiger partial charge on any atom is 0.408 e. The highest BCUT2D eigenvalue weighted by atomic mass is 31.2. The Morgan fingerprint density at radius 2 is 1.88 bits per heavy atom. The minimum Gasteiger partial charge on any atom is -0.480 e. The Bertz CT molecular complexity index is 680. The minimum atomic E-state index is -3.59. The molecule has 1 aromatic rings. The lowest BCUT2D eigenvalue weighted by Gasteiger charge is -2.34. The Balaban J connectivity index is 2.54. The summed E-state index contributed by atoms with van der Waals surface area (Å²) in [5, 5.41) is 18.9. The van der Waals surface area contributed by atoms with Crippen LogP contribution in [0, 0.1) is 0 Å². The van der Waals surface area contributed by atoms with Gasteiger partial charge in [-0.15, -0.1) is 0 Å². The predicted molar refractivity (Wildman–Crippen MR) is 85.6 cm³/mol. The molecule has 0 spiro atoms. The quantitative estimate of drug-likeness (QED) is 0.749. The number of nitrogens with zero attached hydrogens (tertiary/aromatic N) is 1. The lowest BCUT2D eigenvalue weighted by atomic mass is 9.94. The first kappa shape index (κ1) is 18.4. The van der Waals surface area contributed by atoms with Gasteiger partial charge in [-0.3, -0.25) is 9.46 Å². The molecule has 2 N–H and O–H groups in total. The topological polar surface area (TPSA) is 113 Å². The monoisotopic (exact) mass is 357 g/mol. The first-order valence-corrected chi connectivity index (χ1v) is 9.11. The van der Waals surface area contributed by atoms with Crippen LogP contribution in [-0.2, 0) is 31.4 Å². The number of benzene rings is 1. The van der Waals surface area contributed by atoms with Gasteiger partial charge in [-0.05, 0) is 31.0 Å². The highest BCUT2D eigenvalue weighted by molar-refractivity contribution is 7.62. The average molecular weight is 357 g/mol. The third-order valence-electron chi connectivity index (χ3n) is 3.79. The predicted octanol–water partition coefficient (Wildman–Crippen LogP) is 2.07. The fourth-order valence-corrected chi connectivity index (χ4v) is 4.66. The maximum absolute atomic E-state index is 13.1. The molecule has 2 rings (SSSR count). The molecule has 24 heavy (non-hydrogen) atoms. The normalized spacial score (nSPS) is 17.4. The van der Waals surface area contributed by atoms with E-state index in [-0.39, 0.29) is 26.2 Å². The van der Waals surface area contributed by atoms with Crippen molar-refractivity contribution in [3.05, 3.63) is 29.3 Å². The molecule has 0 radical (unpaired) electrons. The van der Waals surface area contributed by atoms with Crippen molar-refractivity contribution in [2.45, 2.75) is 32.9 Å². The van der Waals surface area contributed by atoms with Crippen molar-refractivity contribution in [2.24, 2.45) is 0 Å². The molecule has 0 aromatic heterocycles. The molecule has 1 heterocycles. The summed E-state index contributed by atoms with van der Waals surface area (Å²) in [7, 11) is -3.59. The van der Waals surface area contributed by atoms with E-state index in [4.69, 9.17) is 9.05 Å². The zero-order valence-electron chi connectivity index (χ0n) is 13.5. The van der Waals surface area contributed by atoms with Gasteiger partial charge in [-0.1, -0.05) is 12.1 Å². The van der Waals surface area contributed by atoms with E-state index in [2.05, 4.69) is 0 Å². The Hall–Kier alpha value is -1.89. The van der Waals surface area contributed by atoms with Crippen LogP contribution >= 0.6 is 7.60 Å². The number of carboxylic acid groups (broad SMARTS) is 2. The van der Waals surface area contributed by atoms with Gasteiger partial charge in [0.1, 0.15) is 6.04 Å². The van der Waals surface area contributed by atoms with Crippen LogP contribution in [0.1, 0.15) is 25.0 Å². The standard InChI is InChI=1S/C15H20NO7P/c1-3-22-24(21,23-4-2)13-7-5-6-10-9-16(15(19)20)12(14(17)18)8-11(10)13/h5-7,12H,3-4,8-9H2,1-2H3,(H,17,18)(H,19,20). The van der Waals surface area contributed by atoms with Crippen LogP contribution in [0.4, 0.5) is 4.79 Å². The molecule has 0 saturated carbocycles. The largest absolute Gasteiger partial charge is 0.480 e. The number of hydrogen-bond donors (Lipinski definition) is 2. The molecule has 0 saturated heterocycles. The van der Waals surface area contributed by atoms with Crippen LogP contribution in [0.15, 0.2) is 18.2 Å². The van der Waals surface area contributed by atoms with Gasteiger partial charge in [0.2, 0.25) is 0 Å². The van der Waals surface area contributed by atoms with Crippen LogP contribution in [0.3, 0.4) is 0 Å². The fourth-order valence-electron chi connectivity index (χ4n) is 2.80. The van der Waals surface area contributed by atoms with Gasteiger partial charge in [0.05, 0.1) is 25.1 Å². The second-order valence-corrected chi connectivity index (χ2v) is 7.21. The lowest BCUT2D eigenvalue weighted by Crippen LogP contribution is -2.49. The molecule has 1 aliphatic rings. The average Bonchev–Trinajstić information content (AvgIpc) is 2.53. The number of carboxylic acids is 1. The highest BCUT2D eigenvalue weighted by Gasteiger charge is 2.39. The first-order chi connectivity index (χ1) is 11.3. The molecule has 1 amide bonds. The summed E-state index contributed by atoms with van der Waals surface area (Å²) in [5.41, 5.74) is 1.12. The van der Waals surface area contributed by atoms with Crippen LogP contribution in [-0.4, -0.2) is 46.4 Å². The minimum absolute atomic E-state index is 0.0860. The summed E-state index contributed by atoms with van der Waals surface area (Å²) in [5.74, 6) is -1.25. The third kappa shape index (κ3) is 3.45. The Morgan fingerprint density at radius 1 is 1.25 bits per heavy atom. The third-order valence-corrected chi connectivity index (χ3v) is 5.99. The van der Waals surface area contributed by atoms with Crippen molar-refractivity contribution in [1.82, 2.24) is 4.90 Å². The van der Waals surface area contributed by atoms with Crippen molar-refractivity contribution in [2.75, 3.05) is 13.2 Å². The zero-order valence-corrected chi connectivity index (χ0v) is 14.4. The van der Waals surface area contributed by atoms with Gasteiger partial charge < -0.3 is 19.3 Å². The van der Waals surface area contributed by atoms with Crippen molar-refractivity contribution < 1.29 is 33.4 Å². The maximum atomic E-state index is 13.1. The van der Waals surface area contributed by atoms with E-state index in [9.17, 15) is 24.4 Å². The van der Waals surface area contributed by atoms with Crippen LogP contribution in [0.2, 0.25) is 0 Å². The van der Waals surface area contributed by atoms with Crippen LogP contribution in [0.25, 0.3) is 0 Å². The highest BCUT2D eigenvalue weighted by Crippen LogP contribution is 2.48. The SMILES string of the molecule is CCOP(=O)(OCC)c1cccc2c1CC(C(=O)O)N(C(=O)O)C2. The van der Waals surface area contributed by atoms with E-state index in [0.29, 0.717) is 16.4 Å². The van der Waals surface area contributed by atoms with Gasteiger partial charge in [0.25, 0.3) is 0 Å². The smallest absolute Gasteiger partial charge is 0.408 e. The van der Waals surface area contributed by atoms with Crippen LogP contribution in [0.5, 0.6) is 0 Å². The van der Waals surface area contributed by atoms with E-state index in [0.717, 1.165) is 4.90 Å². The molecule has 1 atom stereocenters. The second-order valence-electron chi connectivity index (χ2n) is 5.22. The molecule has 0 bridgehead atoms. The molecule has 0 fully saturated rings. The van der Waals surface area contributed by atoms with Gasteiger partial charge in [-0.25, -0.2) is 9.59 Å². The number of hydrogen-bond acceptors (Lipinski definition) is 5. The summed E-state index contributed by atoms with van der Waals surface area (Å²) < 4.78 is 23.8. The Kier molecular flexibility index (Phi) is 5.64. The first-order valence-electron chi connectivity index (χ1n) is 7.56. The van der Waals surface area contributed by atoms with Crippen LogP contribution < -0.4 is 5.30 Å². The number of amides is 1. The Labute approximate surface area is 139 Å². The number of aliphatic carboxylic acids is 1. The van der Waals surface area contributed by atoms with E-state index >= 15 is 0 Å². The Morgan fingerprint density at radius 3 is 2.38 bits per heavy atom. The summed E-state index contributed by atoms with van der Waals surface area (Å²) in [6, 6.07) is 3.67. The summed E-state index contributed by atoms with van der Waals surface area (Å²) in [4.78, 5) is 23.6. The summed E-state index contributed by atoms with van der Waals surface area (Å²) in [6.07, 6.45) is -1.40. The zero-order chi connectivity index (χ0) is 17.9.